The molecule has 2 N–H and O–H groups in total. The number of rotatable bonds is 3. The molecule has 72 valence electrons. The molecule has 0 radical (unpaired) electrons. The lowest BCUT2D eigenvalue weighted by Crippen LogP contribution is -2.04. The minimum absolute atomic E-state index is 0.544. The van der Waals surface area contributed by atoms with Crippen LogP contribution in [0.4, 0.5) is 5.69 Å². The van der Waals surface area contributed by atoms with Gasteiger partial charge in [0, 0.05) is 11.8 Å². The summed E-state index contributed by atoms with van der Waals surface area (Å²) in [6, 6.07) is 5.80. The maximum Gasteiger partial charge on any atom is 0.121 e. The lowest BCUT2D eigenvalue weighted by atomic mass is 10.2. The maximum absolute atomic E-state index is 5.75. The molecule has 1 rings (SSSR count). The Kier molecular flexibility index (Phi) is 3.18. The van der Waals surface area contributed by atoms with E-state index in [2.05, 4.69) is 13.8 Å². The Labute approximate surface area is 79.7 Å². The Hall–Kier alpha value is -1.18. The highest BCUT2D eigenvalue weighted by molar-refractivity contribution is 5.50. The Morgan fingerprint density at radius 1 is 1.38 bits per heavy atom. The van der Waals surface area contributed by atoms with E-state index in [0.29, 0.717) is 5.92 Å². The van der Waals surface area contributed by atoms with Crippen molar-refractivity contribution in [3.63, 3.8) is 0 Å². The average molecular weight is 179 g/mol. The largest absolute Gasteiger partial charge is 0.493 e. The van der Waals surface area contributed by atoms with Crippen molar-refractivity contribution < 1.29 is 4.74 Å². The quantitative estimate of drug-likeness (QED) is 0.724. The Morgan fingerprint density at radius 2 is 2.08 bits per heavy atom. The zero-order valence-corrected chi connectivity index (χ0v) is 8.50. The molecule has 0 aliphatic carbocycles. The van der Waals surface area contributed by atoms with Gasteiger partial charge in [-0.2, -0.15) is 0 Å². The van der Waals surface area contributed by atoms with Crippen molar-refractivity contribution in [2.24, 2.45) is 5.92 Å². The first-order chi connectivity index (χ1) is 6.09. The van der Waals surface area contributed by atoms with Gasteiger partial charge in [0.1, 0.15) is 5.75 Å². The standard InChI is InChI=1S/C11H17NO/c1-8(2)7-13-10-5-4-9(3)11(12)6-10/h4-6,8H,7,12H2,1-3H3. The summed E-state index contributed by atoms with van der Waals surface area (Å²) < 4.78 is 5.52. The third kappa shape index (κ3) is 2.98. The minimum Gasteiger partial charge on any atom is -0.493 e. The van der Waals surface area contributed by atoms with E-state index in [1.165, 1.54) is 0 Å². The third-order valence-corrected chi connectivity index (χ3v) is 1.83. The Morgan fingerprint density at radius 3 is 2.62 bits per heavy atom. The molecule has 0 aromatic heterocycles. The van der Waals surface area contributed by atoms with Gasteiger partial charge in [-0.1, -0.05) is 19.9 Å². The molecule has 0 fully saturated rings. The second-order valence-corrected chi connectivity index (χ2v) is 3.72. The number of hydrogen-bond acceptors (Lipinski definition) is 2. The van der Waals surface area contributed by atoms with E-state index < -0.39 is 0 Å². The second kappa shape index (κ2) is 4.17. The van der Waals surface area contributed by atoms with E-state index in [4.69, 9.17) is 10.5 Å². The fraction of sp³-hybridized carbons (Fsp3) is 0.455. The SMILES string of the molecule is Cc1ccc(OCC(C)C)cc1N. The number of ether oxygens (including phenoxy) is 1. The first kappa shape index (κ1) is 9.90. The van der Waals surface area contributed by atoms with Crippen molar-refractivity contribution in [3.05, 3.63) is 23.8 Å². The normalized spacial score (nSPS) is 10.5. The first-order valence-electron chi connectivity index (χ1n) is 4.58. The van der Waals surface area contributed by atoms with Gasteiger partial charge in [0.2, 0.25) is 0 Å². The van der Waals surface area contributed by atoms with Crippen LogP contribution in [0.5, 0.6) is 5.75 Å². The number of nitrogen functional groups attached to an aromatic ring is 1. The molecule has 0 bridgehead atoms. The number of benzene rings is 1. The lowest BCUT2D eigenvalue weighted by Gasteiger charge is -2.09. The zero-order valence-electron chi connectivity index (χ0n) is 8.50. The van der Waals surface area contributed by atoms with Crippen molar-refractivity contribution in [2.45, 2.75) is 20.8 Å². The molecule has 0 saturated carbocycles. The first-order valence-corrected chi connectivity index (χ1v) is 4.58. The molecule has 0 saturated heterocycles. The smallest absolute Gasteiger partial charge is 0.121 e. The lowest BCUT2D eigenvalue weighted by molar-refractivity contribution is 0.271. The van der Waals surface area contributed by atoms with Crippen LogP contribution < -0.4 is 10.5 Å². The fourth-order valence-corrected chi connectivity index (χ4v) is 0.971. The summed E-state index contributed by atoms with van der Waals surface area (Å²) in [5.74, 6) is 1.40. The molecule has 0 aliphatic heterocycles. The summed E-state index contributed by atoms with van der Waals surface area (Å²) in [5, 5.41) is 0. The molecule has 0 unspecified atom stereocenters. The van der Waals surface area contributed by atoms with E-state index in [1.807, 2.05) is 25.1 Å². The topological polar surface area (TPSA) is 35.2 Å². The molecule has 2 heteroatoms. The van der Waals surface area contributed by atoms with E-state index >= 15 is 0 Å². The van der Waals surface area contributed by atoms with Gasteiger partial charge in [0.15, 0.2) is 0 Å². The van der Waals surface area contributed by atoms with Crippen molar-refractivity contribution >= 4 is 5.69 Å². The highest BCUT2D eigenvalue weighted by atomic mass is 16.5. The predicted octanol–water partition coefficient (Wildman–Crippen LogP) is 2.61. The van der Waals surface area contributed by atoms with Crippen LogP contribution in [0, 0.1) is 12.8 Å². The van der Waals surface area contributed by atoms with Crippen molar-refractivity contribution in [2.75, 3.05) is 12.3 Å². The summed E-state index contributed by atoms with van der Waals surface area (Å²) in [6.07, 6.45) is 0. The molecule has 13 heavy (non-hydrogen) atoms. The zero-order chi connectivity index (χ0) is 9.84. The molecule has 0 aliphatic rings. The van der Waals surface area contributed by atoms with E-state index in [-0.39, 0.29) is 0 Å². The van der Waals surface area contributed by atoms with Crippen LogP contribution in [-0.2, 0) is 0 Å². The Bertz CT molecular complexity index is 281. The van der Waals surface area contributed by atoms with Gasteiger partial charge >= 0.3 is 0 Å². The number of anilines is 1. The van der Waals surface area contributed by atoms with Crippen molar-refractivity contribution in [3.8, 4) is 5.75 Å². The van der Waals surface area contributed by atoms with Crippen molar-refractivity contribution in [1.82, 2.24) is 0 Å². The summed E-state index contributed by atoms with van der Waals surface area (Å²) in [5.41, 5.74) is 7.63. The van der Waals surface area contributed by atoms with E-state index in [1.54, 1.807) is 0 Å². The highest BCUT2D eigenvalue weighted by Crippen LogP contribution is 2.19. The molecular formula is C11H17NO. The molecule has 0 spiro atoms. The summed E-state index contributed by atoms with van der Waals surface area (Å²) in [4.78, 5) is 0. The second-order valence-electron chi connectivity index (χ2n) is 3.72. The monoisotopic (exact) mass is 179 g/mol. The average Bonchev–Trinajstić information content (AvgIpc) is 2.07. The third-order valence-electron chi connectivity index (χ3n) is 1.83. The van der Waals surface area contributed by atoms with Crippen LogP contribution in [0.15, 0.2) is 18.2 Å². The molecule has 1 aromatic rings. The predicted molar refractivity (Wildman–Crippen MR) is 55.9 cm³/mol. The molecule has 2 nitrogen and oxygen atoms in total. The van der Waals surface area contributed by atoms with Crippen LogP contribution in [-0.4, -0.2) is 6.61 Å². The minimum atomic E-state index is 0.544. The number of hydrogen-bond donors (Lipinski definition) is 1. The fourth-order valence-electron chi connectivity index (χ4n) is 0.971. The van der Waals surface area contributed by atoms with Gasteiger partial charge in [-0.25, -0.2) is 0 Å². The van der Waals surface area contributed by atoms with Gasteiger partial charge in [0.25, 0.3) is 0 Å². The van der Waals surface area contributed by atoms with Crippen LogP contribution >= 0.6 is 0 Å². The van der Waals surface area contributed by atoms with Gasteiger partial charge < -0.3 is 10.5 Å². The molecule has 1 aromatic carbocycles. The number of aryl methyl sites for hydroxylation is 1. The van der Waals surface area contributed by atoms with Gasteiger partial charge in [-0.15, -0.1) is 0 Å². The van der Waals surface area contributed by atoms with E-state index in [0.717, 1.165) is 23.6 Å². The van der Waals surface area contributed by atoms with Crippen LogP contribution in [0.1, 0.15) is 19.4 Å². The van der Waals surface area contributed by atoms with E-state index in [9.17, 15) is 0 Å². The van der Waals surface area contributed by atoms with Crippen LogP contribution in [0.2, 0.25) is 0 Å². The molecular weight excluding hydrogens is 162 g/mol. The highest BCUT2D eigenvalue weighted by Gasteiger charge is 1.99. The summed E-state index contributed by atoms with van der Waals surface area (Å²) >= 11 is 0. The van der Waals surface area contributed by atoms with Crippen molar-refractivity contribution in [1.29, 1.82) is 0 Å². The Balaban J connectivity index is 2.63. The van der Waals surface area contributed by atoms with Gasteiger partial charge in [0.05, 0.1) is 6.61 Å². The molecule has 0 atom stereocenters. The summed E-state index contributed by atoms with van der Waals surface area (Å²) in [6.45, 7) is 6.97. The molecule has 0 heterocycles. The maximum atomic E-state index is 5.75. The summed E-state index contributed by atoms with van der Waals surface area (Å²) in [7, 11) is 0. The van der Waals surface area contributed by atoms with Crippen LogP contribution in [0.25, 0.3) is 0 Å². The van der Waals surface area contributed by atoms with Gasteiger partial charge in [-0.3, -0.25) is 0 Å². The number of nitrogens with two attached hydrogens (primary N) is 1. The van der Waals surface area contributed by atoms with Crippen LogP contribution in [0.3, 0.4) is 0 Å². The molecule has 0 amide bonds. The van der Waals surface area contributed by atoms with Gasteiger partial charge in [-0.05, 0) is 24.5 Å².